The number of nitrogens with zero attached hydrogens (tertiary/aromatic N) is 1. The molecule has 70 valence electrons. The molecular formula is C10H14N2O. The summed E-state index contributed by atoms with van der Waals surface area (Å²) in [4.78, 5) is 0. The van der Waals surface area contributed by atoms with E-state index in [9.17, 15) is 0 Å². The molecular weight excluding hydrogens is 164 g/mol. The van der Waals surface area contributed by atoms with E-state index in [0.717, 1.165) is 30.8 Å². The third kappa shape index (κ3) is 1.35. The van der Waals surface area contributed by atoms with Gasteiger partial charge < -0.3 is 9.75 Å². The number of fused-ring (bicyclic) bond motifs is 1. The zero-order chi connectivity index (χ0) is 9.26. The average molecular weight is 178 g/mol. The Kier molecular flexibility index (Phi) is 2.10. The summed E-state index contributed by atoms with van der Waals surface area (Å²) in [7, 11) is 1.70. The molecule has 1 aromatic rings. The third-order valence-electron chi connectivity index (χ3n) is 2.46. The zero-order valence-electron chi connectivity index (χ0n) is 7.79. The monoisotopic (exact) mass is 178 g/mol. The molecule has 0 radical (unpaired) electrons. The lowest BCUT2D eigenvalue weighted by atomic mass is 10.0. The second kappa shape index (κ2) is 3.26. The Labute approximate surface area is 78.1 Å². The van der Waals surface area contributed by atoms with Gasteiger partial charge >= 0.3 is 0 Å². The van der Waals surface area contributed by atoms with Crippen molar-refractivity contribution in [2.45, 2.75) is 12.8 Å². The molecule has 0 saturated carbocycles. The highest BCUT2D eigenvalue weighted by Crippen LogP contribution is 2.32. The van der Waals surface area contributed by atoms with Crippen LogP contribution in [0.15, 0.2) is 18.2 Å². The van der Waals surface area contributed by atoms with Gasteiger partial charge in [0, 0.05) is 12.1 Å². The number of rotatable bonds is 1. The maximum atomic E-state index is 5.85. The summed E-state index contributed by atoms with van der Waals surface area (Å²) >= 11 is 0. The van der Waals surface area contributed by atoms with Crippen LogP contribution in [-0.2, 0) is 6.42 Å². The minimum Gasteiger partial charge on any atom is -0.496 e. The second-order valence-electron chi connectivity index (χ2n) is 3.25. The van der Waals surface area contributed by atoms with E-state index in [0.29, 0.717) is 0 Å². The van der Waals surface area contributed by atoms with Crippen molar-refractivity contribution in [3.05, 3.63) is 23.8 Å². The lowest BCUT2D eigenvalue weighted by molar-refractivity contribution is 0.408. The number of ether oxygens (including phenoxy) is 1. The van der Waals surface area contributed by atoms with E-state index >= 15 is 0 Å². The van der Waals surface area contributed by atoms with Crippen LogP contribution >= 0.6 is 0 Å². The summed E-state index contributed by atoms with van der Waals surface area (Å²) in [5, 5.41) is 1.79. The fourth-order valence-electron chi connectivity index (χ4n) is 1.81. The van der Waals surface area contributed by atoms with Gasteiger partial charge in [-0.1, -0.05) is 6.07 Å². The molecule has 0 fully saturated rings. The van der Waals surface area contributed by atoms with E-state index in [2.05, 4.69) is 0 Å². The Morgan fingerprint density at radius 2 is 2.31 bits per heavy atom. The highest BCUT2D eigenvalue weighted by molar-refractivity contribution is 5.59. The van der Waals surface area contributed by atoms with Crippen molar-refractivity contribution in [2.24, 2.45) is 5.84 Å². The molecule has 3 heteroatoms. The van der Waals surface area contributed by atoms with Gasteiger partial charge in [-0.05, 0) is 25.0 Å². The van der Waals surface area contributed by atoms with Crippen LogP contribution in [0.2, 0.25) is 0 Å². The highest BCUT2D eigenvalue weighted by atomic mass is 16.5. The van der Waals surface area contributed by atoms with Crippen LogP contribution in [0.1, 0.15) is 12.0 Å². The van der Waals surface area contributed by atoms with Crippen molar-refractivity contribution in [3.8, 4) is 5.75 Å². The van der Waals surface area contributed by atoms with Crippen molar-refractivity contribution >= 4 is 5.69 Å². The van der Waals surface area contributed by atoms with Crippen molar-refractivity contribution in [1.82, 2.24) is 0 Å². The predicted molar refractivity (Wildman–Crippen MR) is 52.8 cm³/mol. The summed E-state index contributed by atoms with van der Waals surface area (Å²) in [5.41, 5.74) is 2.34. The van der Waals surface area contributed by atoms with E-state index in [1.165, 1.54) is 5.56 Å². The van der Waals surface area contributed by atoms with Crippen LogP contribution in [0.4, 0.5) is 5.69 Å². The van der Waals surface area contributed by atoms with E-state index in [-0.39, 0.29) is 0 Å². The number of methoxy groups -OCH3 is 1. The fourth-order valence-corrected chi connectivity index (χ4v) is 1.81. The summed E-state index contributed by atoms with van der Waals surface area (Å²) < 4.78 is 5.28. The molecule has 0 aliphatic carbocycles. The molecule has 0 amide bonds. The molecule has 3 nitrogen and oxygen atoms in total. The Morgan fingerprint density at radius 3 is 3.08 bits per heavy atom. The number of anilines is 1. The van der Waals surface area contributed by atoms with Gasteiger partial charge in [0.2, 0.25) is 0 Å². The topological polar surface area (TPSA) is 38.5 Å². The Hall–Kier alpha value is -1.22. The minimum atomic E-state index is 0.931. The van der Waals surface area contributed by atoms with Gasteiger partial charge in [-0.15, -0.1) is 0 Å². The normalized spacial score (nSPS) is 15.4. The standard InChI is InChI=1S/C10H14N2O/c1-13-10-6-2-5-9-8(10)4-3-7-12(9)11/h2,5-6H,3-4,7,11H2,1H3. The quantitative estimate of drug-likeness (QED) is 0.659. The summed E-state index contributed by atoms with van der Waals surface area (Å²) in [6.45, 7) is 0.931. The van der Waals surface area contributed by atoms with Crippen molar-refractivity contribution in [3.63, 3.8) is 0 Å². The van der Waals surface area contributed by atoms with Crippen LogP contribution in [0.5, 0.6) is 5.75 Å². The van der Waals surface area contributed by atoms with E-state index in [1.807, 2.05) is 18.2 Å². The first-order valence-electron chi connectivity index (χ1n) is 4.51. The first-order chi connectivity index (χ1) is 6.33. The molecule has 0 spiro atoms. The zero-order valence-corrected chi connectivity index (χ0v) is 7.79. The smallest absolute Gasteiger partial charge is 0.124 e. The highest BCUT2D eigenvalue weighted by Gasteiger charge is 2.16. The third-order valence-corrected chi connectivity index (χ3v) is 2.46. The predicted octanol–water partition coefficient (Wildman–Crippen LogP) is 1.32. The summed E-state index contributed by atoms with van der Waals surface area (Å²) in [6.07, 6.45) is 2.16. The van der Waals surface area contributed by atoms with Gasteiger partial charge in [-0.25, -0.2) is 5.84 Å². The lowest BCUT2D eigenvalue weighted by Gasteiger charge is -2.27. The van der Waals surface area contributed by atoms with E-state index in [4.69, 9.17) is 10.6 Å². The van der Waals surface area contributed by atoms with Gasteiger partial charge in [-0.2, -0.15) is 0 Å². The number of hydrogen-bond donors (Lipinski definition) is 1. The first kappa shape index (κ1) is 8.38. The van der Waals surface area contributed by atoms with Crippen LogP contribution in [0.25, 0.3) is 0 Å². The van der Waals surface area contributed by atoms with Gasteiger partial charge in [0.1, 0.15) is 5.75 Å². The molecule has 0 saturated heterocycles. The molecule has 0 atom stereocenters. The largest absolute Gasteiger partial charge is 0.496 e. The molecule has 2 rings (SSSR count). The SMILES string of the molecule is COc1cccc2c1CCCN2N. The maximum absolute atomic E-state index is 5.85. The Bertz CT molecular complexity index is 312. The van der Waals surface area contributed by atoms with Crippen LogP contribution in [0, 0.1) is 0 Å². The summed E-state index contributed by atoms with van der Waals surface area (Å²) in [5.74, 6) is 6.80. The van der Waals surface area contributed by atoms with Gasteiger partial charge in [-0.3, -0.25) is 0 Å². The average Bonchev–Trinajstić information content (AvgIpc) is 2.18. The van der Waals surface area contributed by atoms with Crippen molar-refractivity contribution in [1.29, 1.82) is 0 Å². The number of nitrogens with two attached hydrogens (primary N) is 1. The molecule has 1 aromatic carbocycles. The molecule has 13 heavy (non-hydrogen) atoms. The Balaban J connectivity index is 2.48. The van der Waals surface area contributed by atoms with Gasteiger partial charge in [0.25, 0.3) is 0 Å². The van der Waals surface area contributed by atoms with Crippen LogP contribution < -0.4 is 15.6 Å². The van der Waals surface area contributed by atoms with E-state index in [1.54, 1.807) is 12.1 Å². The van der Waals surface area contributed by atoms with Gasteiger partial charge in [0.15, 0.2) is 0 Å². The number of hydrogen-bond acceptors (Lipinski definition) is 3. The lowest BCUT2D eigenvalue weighted by Crippen LogP contribution is -2.35. The molecule has 2 N–H and O–H groups in total. The fraction of sp³-hybridized carbons (Fsp3) is 0.400. The molecule has 0 aromatic heterocycles. The Morgan fingerprint density at radius 1 is 1.46 bits per heavy atom. The van der Waals surface area contributed by atoms with Crippen molar-refractivity contribution in [2.75, 3.05) is 18.7 Å². The first-order valence-corrected chi connectivity index (χ1v) is 4.51. The molecule has 0 unspecified atom stereocenters. The van der Waals surface area contributed by atoms with E-state index < -0.39 is 0 Å². The summed E-state index contributed by atoms with van der Waals surface area (Å²) in [6, 6.07) is 6.00. The molecule has 0 bridgehead atoms. The van der Waals surface area contributed by atoms with Crippen LogP contribution in [0.3, 0.4) is 0 Å². The number of benzene rings is 1. The second-order valence-corrected chi connectivity index (χ2v) is 3.25. The maximum Gasteiger partial charge on any atom is 0.124 e. The van der Waals surface area contributed by atoms with Crippen molar-refractivity contribution < 1.29 is 4.74 Å². The molecule has 1 heterocycles. The number of hydrazine groups is 1. The van der Waals surface area contributed by atoms with Gasteiger partial charge in [0.05, 0.1) is 12.8 Å². The van der Waals surface area contributed by atoms with Crippen LogP contribution in [-0.4, -0.2) is 13.7 Å². The molecule has 1 aliphatic rings. The molecule has 1 aliphatic heterocycles. The minimum absolute atomic E-state index is 0.931.